The molecule has 4 atom stereocenters. The largest absolute Gasteiger partial charge is 0.469 e. The van der Waals surface area contributed by atoms with Crippen molar-refractivity contribution in [3.8, 4) is 0 Å². The lowest BCUT2D eigenvalue weighted by molar-refractivity contribution is -0.168. The minimum absolute atomic E-state index is 0.0246. The number of rotatable bonds is 2. The van der Waals surface area contributed by atoms with Gasteiger partial charge in [0.2, 0.25) is 0 Å². The maximum atomic E-state index is 12.0. The van der Waals surface area contributed by atoms with Crippen molar-refractivity contribution in [3.63, 3.8) is 0 Å². The summed E-state index contributed by atoms with van der Waals surface area (Å²) >= 11 is 0. The summed E-state index contributed by atoms with van der Waals surface area (Å²) in [5, 5.41) is 0. The summed E-state index contributed by atoms with van der Waals surface area (Å²) in [6, 6.07) is 0. The number of hydrogen-bond acceptors (Lipinski definition) is 5. The lowest BCUT2D eigenvalue weighted by Crippen LogP contribution is -2.36. The molecule has 0 spiro atoms. The molecule has 0 aromatic rings. The number of carbonyl (C=O) groups excluding carboxylic acids is 2. The molecule has 96 valence electrons. The lowest BCUT2D eigenvalue weighted by Gasteiger charge is -2.25. The number of hydrogen-bond donors (Lipinski definition) is 0. The SMILES string of the molecule is COC(=O)C1C(C(=O)OC(C)(C)C)CC2OC21. The van der Waals surface area contributed by atoms with Crippen LogP contribution in [0.1, 0.15) is 27.2 Å². The van der Waals surface area contributed by atoms with Crippen LogP contribution in [0.4, 0.5) is 0 Å². The third-order valence-electron chi connectivity index (χ3n) is 3.08. The number of ether oxygens (including phenoxy) is 3. The zero-order valence-corrected chi connectivity index (χ0v) is 10.6. The van der Waals surface area contributed by atoms with Crippen LogP contribution < -0.4 is 0 Å². The molecule has 0 aromatic heterocycles. The summed E-state index contributed by atoms with van der Waals surface area (Å²) < 4.78 is 15.3. The molecule has 0 aromatic carbocycles. The molecular weight excluding hydrogens is 224 g/mol. The molecular formula is C12H18O5. The van der Waals surface area contributed by atoms with E-state index in [1.165, 1.54) is 7.11 Å². The van der Waals surface area contributed by atoms with Crippen molar-refractivity contribution in [2.24, 2.45) is 11.8 Å². The van der Waals surface area contributed by atoms with Crippen molar-refractivity contribution < 1.29 is 23.8 Å². The number of fused-ring (bicyclic) bond motifs is 1. The molecule has 0 amide bonds. The van der Waals surface area contributed by atoms with Crippen molar-refractivity contribution in [2.75, 3.05) is 7.11 Å². The first-order chi connectivity index (χ1) is 7.83. The van der Waals surface area contributed by atoms with Gasteiger partial charge in [-0.2, -0.15) is 0 Å². The Balaban J connectivity index is 2.05. The fourth-order valence-corrected chi connectivity index (χ4v) is 2.34. The van der Waals surface area contributed by atoms with E-state index < -0.39 is 17.4 Å². The van der Waals surface area contributed by atoms with Crippen molar-refractivity contribution in [3.05, 3.63) is 0 Å². The van der Waals surface area contributed by atoms with E-state index in [0.29, 0.717) is 6.42 Å². The maximum absolute atomic E-state index is 12.0. The van der Waals surface area contributed by atoms with Crippen LogP contribution in [0.15, 0.2) is 0 Å². The minimum atomic E-state index is -0.536. The molecule has 17 heavy (non-hydrogen) atoms. The summed E-state index contributed by atoms with van der Waals surface area (Å²) in [7, 11) is 1.32. The van der Waals surface area contributed by atoms with E-state index >= 15 is 0 Å². The summed E-state index contributed by atoms with van der Waals surface area (Å²) in [4.78, 5) is 23.6. The van der Waals surface area contributed by atoms with Gasteiger partial charge in [-0.15, -0.1) is 0 Å². The predicted molar refractivity (Wildman–Crippen MR) is 58.1 cm³/mol. The molecule has 1 aliphatic heterocycles. The number of methoxy groups -OCH3 is 1. The fourth-order valence-electron chi connectivity index (χ4n) is 2.34. The van der Waals surface area contributed by atoms with E-state index in [4.69, 9.17) is 14.2 Å². The molecule has 1 aliphatic carbocycles. The van der Waals surface area contributed by atoms with Gasteiger partial charge in [-0.3, -0.25) is 9.59 Å². The summed E-state index contributed by atoms with van der Waals surface area (Å²) in [6.45, 7) is 5.43. The molecule has 0 N–H and O–H groups in total. The van der Waals surface area contributed by atoms with Crippen LogP contribution in [0, 0.1) is 11.8 Å². The zero-order valence-electron chi connectivity index (χ0n) is 10.6. The van der Waals surface area contributed by atoms with Gasteiger partial charge in [-0.25, -0.2) is 0 Å². The van der Waals surface area contributed by atoms with E-state index in [9.17, 15) is 9.59 Å². The van der Waals surface area contributed by atoms with Gasteiger partial charge < -0.3 is 14.2 Å². The Labute approximate surface area is 100 Å². The van der Waals surface area contributed by atoms with Gasteiger partial charge in [0, 0.05) is 0 Å². The van der Waals surface area contributed by atoms with Gasteiger partial charge in [0.05, 0.1) is 31.2 Å². The van der Waals surface area contributed by atoms with Gasteiger partial charge in [0.15, 0.2) is 0 Å². The summed E-state index contributed by atoms with van der Waals surface area (Å²) in [6.07, 6.45) is 0.427. The molecule has 1 saturated heterocycles. The highest BCUT2D eigenvalue weighted by atomic mass is 16.6. The van der Waals surface area contributed by atoms with E-state index in [2.05, 4.69) is 0 Å². The highest BCUT2D eigenvalue weighted by Gasteiger charge is 2.61. The third-order valence-corrected chi connectivity index (χ3v) is 3.08. The maximum Gasteiger partial charge on any atom is 0.312 e. The smallest absolute Gasteiger partial charge is 0.312 e. The molecule has 0 radical (unpaired) electrons. The van der Waals surface area contributed by atoms with Crippen LogP contribution in [0.3, 0.4) is 0 Å². The van der Waals surface area contributed by atoms with E-state index in [-0.39, 0.29) is 24.1 Å². The number of epoxide rings is 1. The van der Waals surface area contributed by atoms with Gasteiger partial charge in [-0.05, 0) is 27.2 Å². The average Bonchev–Trinajstić information content (AvgIpc) is 2.86. The lowest BCUT2D eigenvalue weighted by atomic mass is 9.95. The first-order valence-corrected chi connectivity index (χ1v) is 5.79. The second kappa shape index (κ2) is 3.98. The second-order valence-corrected chi connectivity index (χ2v) is 5.56. The van der Waals surface area contributed by atoms with Crippen LogP contribution in [-0.4, -0.2) is 36.9 Å². The molecule has 4 unspecified atom stereocenters. The van der Waals surface area contributed by atoms with Gasteiger partial charge in [0.1, 0.15) is 5.60 Å². The Kier molecular flexibility index (Phi) is 2.89. The van der Waals surface area contributed by atoms with Crippen LogP contribution in [0.5, 0.6) is 0 Å². The van der Waals surface area contributed by atoms with Gasteiger partial charge in [0.25, 0.3) is 0 Å². The Bertz CT molecular complexity index is 343. The topological polar surface area (TPSA) is 65.1 Å². The van der Waals surface area contributed by atoms with Crippen molar-refractivity contribution in [1.29, 1.82) is 0 Å². The minimum Gasteiger partial charge on any atom is -0.469 e. The first-order valence-electron chi connectivity index (χ1n) is 5.79. The second-order valence-electron chi connectivity index (χ2n) is 5.56. The Morgan fingerprint density at radius 3 is 2.41 bits per heavy atom. The van der Waals surface area contributed by atoms with Crippen molar-refractivity contribution in [1.82, 2.24) is 0 Å². The summed E-state index contributed by atoms with van der Waals surface area (Å²) in [5.74, 6) is -1.64. The molecule has 2 fully saturated rings. The molecule has 2 rings (SSSR count). The van der Waals surface area contributed by atoms with Gasteiger partial charge >= 0.3 is 11.9 Å². The van der Waals surface area contributed by atoms with Crippen molar-refractivity contribution >= 4 is 11.9 Å². The molecule has 2 aliphatic rings. The van der Waals surface area contributed by atoms with E-state index in [1.807, 2.05) is 20.8 Å². The average molecular weight is 242 g/mol. The Morgan fingerprint density at radius 1 is 1.24 bits per heavy atom. The zero-order chi connectivity index (χ0) is 12.8. The Hall–Kier alpha value is -1.10. The van der Waals surface area contributed by atoms with Crippen molar-refractivity contribution in [2.45, 2.75) is 45.0 Å². The third kappa shape index (κ3) is 2.44. The summed E-state index contributed by atoms with van der Waals surface area (Å²) in [5.41, 5.74) is -0.536. The van der Waals surface area contributed by atoms with Gasteiger partial charge in [-0.1, -0.05) is 0 Å². The molecule has 5 nitrogen and oxygen atoms in total. The highest BCUT2D eigenvalue weighted by Crippen LogP contribution is 2.48. The molecule has 0 bridgehead atoms. The molecule has 5 heteroatoms. The molecule has 1 saturated carbocycles. The van der Waals surface area contributed by atoms with E-state index in [0.717, 1.165) is 0 Å². The highest BCUT2D eigenvalue weighted by molar-refractivity contribution is 5.84. The first kappa shape index (κ1) is 12.4. The molecule has 1 heterocycles. The van der Waals surface area contributed by atoms with Crippen LogP contribution >= 0.6 is 0 Å². The normalized spacial score (nSPS) is 35.1. The predicted octanol–water partition coefficient (Wildman–Crippen LogP) is 0.905. The van der Waals surface area contributed by atoms with Crippen LogP contribution in [0.2, 0.25) is 0 Å². The monoisotopic (exact) mass is 242 g/mol. The quantitative estimate of drug-likeness (QED) is 0.532. The van der Waals surface area contributed by atoms with Crippen LogP contribution in [-0.2, 0) is 23.8 Å². The Morgan fingerprint density at radius 2 is 1.88 bits per heavy atom. The van der Waals surface area contributed by atoms with E-state index in [1.54, 1.807) is 0 Å². The fraction of sp³-hybridized carbons (Fsp3) is 0.833. The number of esters is 2. The van der Waals surface area contributed by atoms with Crippen LogP contribution in [0.25, 0.3) is 0 Å². The number of carbonyl (C=O) groups is 2. The standard InChI is InChI=1S/C12H18O5/c1-12(2,3)17-10(13)6-5-7-9(16-7)8(6)11(14)15-4/h6-9H,5H2,1-4H3.